The summed E-state index contributed by atoms with van der Waals surface area (Å²) >= 11 is 1.85. The molecule has 23 heavy (non-hydrogen) atoms. The molecule has 0 amide bonds. The number of nitrogens with zero attached hydrogens (tertiary/aromatic N) is 5. The van der Waals surface area contributed by atoms with Crippen molar-refractivity contribution < 1.29 is 0 Å². The fraction of sp³-hybridized carbons (Fsp3) is 0.706. The lowest BCUT2D eigenvalue weighted by molar-refractivity contribution is 0.244. The van der Waals surface area contributed by atoms with Crippen molar-refractivity contribution in [1.82, 2.24) is 24.6 Å². The number of aromatic nitrogens is 4. The average molecular weight is 334 g/mol. The molecular formula is C17H27N5S. The van der Waals surface area contributed by atoms with Crippen molar-refractivity contribution in [1.29, 1.82) is 0 Å². The highest BCUT2D eigenvalue weighted by molar-refractivity contribution is 7.11. The summed E-state index contributed by atoms with van der Waals surface area (Å²) in [4.78, 5) is 8.47. The monoisotopic (exact) mass is 333 g/mol. The fourth-order valence-electron chi connectivity index (χ4n) is 3.11. The molecule has 0 aromatic carbocycles. The van der Waals surface area contributed by atoms with Crippen LogP contribution in [0, 0.1) is 6.92 Å². The molecule has 2 aromatic rings. The van der Waals surface area contributed by atoms with Gasteiger partial charge < -0.3 is 4.57 Å². The van der Waals surface area contributed by atoms with Crippen molar-refractivity contribution in [3.63, 3.8) is 0 Å². The molecule has 1 aliphatic heterocycles. The second-order valence-electron chi connectivity index (χ2n) is 6.89. The maximum absolute atomic E-state index is 4.74. The molecule has 3 rings (SSSR count). The largest absolute Gasteiger partial charge is 0.314 e. The molecule has 0 radical (unpaired) electrons. The summed E-state index contributed by atoms with van der Waals surface area (Å²) < 4.78 is 2.31. The summed E-state index contributed by atoms with van der Waals surface area (Å²) in [7, 11) is 2.17. The van der Waals surface area contributed by atoms with Gasteiger partial charge in [-0.15, -0.1) is 21.5 Å². The highest BCUT2D eigenvalue weighted by Crippen LogP contribution is 2.32. The zero-order valence-corrected chi connectivity index (χ0v) is 15.7. The number of rotatable bonds is 5. The first kappa shape index (κ1) is 16.6. The maximum atomic E-state index is 4.74. The van der Waals surface area contributed by atoms with Crippen LogP contribution in [0.4, 0.5) is 0 Å². The van der Waals surface area contributed by atoms with Crippen LogP contribution in [0.2, 0.25) is 0 Å². The van der Waals surface area contributed by atoms with Crippen molar-refractivity contribution in [3.8, 4) is 0 Å². The fourth-order valence-corrected chi connectivity index (χ4v) is 4.30. The van der Waals surface area contributed by atoms with Crippen molar-refractivity contribution in [2.24, 2.45) is 0 Å². The van der Waals surface area contributed by atoms with Crippen molar-refractivity contribution in [2.75, 3.05) is 7.05 Å². The highest BCUT2D eigenvalue weighted by Gasteiger charge is 2.22. The first-order chi connectivity index (χ1) is 11.0. The normalized spacial score (nSPS) is 16.1. The quantitative estimate of drug-likeness (QED) is 0.837. The molecule has 1 unspecified atom stereocenters. The Bertz CT molecular complexity index is 673. The molecule has 3 heterocycles. The summed E-state index contributed by atoms with van der Waals surface area (Å²) in [5.41, 5.74) is 1.17. The third-order valence-electron chi connectivity index (χ3n) is 4.71. The van der Waals surface area contributed by atoms with Gasteiger partial charge >= 0.3 is 0 Å². The van der Waals surface area contributed by atoms with Crippen LogP contribution in [0.25, 0.3) is 0 Å². The van der Waals surface area contributed by atoms with Gasteiger partial charge in [0.15, 0.2) is 0 Å². The van der Waals surface area contributed by atoms with E-state index in [1.165, 1.54) is 28.4 Å². The minimum Gasteiger partial charge on any atom is -0.314 e. The van der Waals surface area contributed by atoms with Crippen LogP contribution >= 0.6 is 11.3 Å². The van der Waals surface area contributed by atoms with E-state index >= 15 is 0 Å². The van der Waals surface area contributed by atoms with E-state index in [0.29, 0.717) is 12.0 Å². The molecule has 2 aromatic heterocycles. The number of hydrogen-bond donors (Lipinski definition) is 0. The van der Waals surface area contributed by atoms with Crippen LogP contribution in [0.1, 0.15) is 72.8 Å². The Morgan fingerprint density at radius 1 is 1.22 bits per heavy atom. The third kappa shape index (κ3) is 3.33. The summed E-state index contributed by atoms with van der Waals surface area (Å²) in [6, 6.07) is 0.344. The minimum atomic E-state index is 0.344. The summed E-state index contributed by atoms with van der Waals surface area (Å²) in [6.45, 7) is 10.7. The summed E-state index contributed by atoms with van der Waals surface area (Å²) in [5, 5.41) is 10.0. The third-order valence-corrected chi connectivity index (χ3v) is 6.34. The Morgan fingerprint density at radius 2 is 2.00 bits per heavy atom. The molecule has 1 aliphatic rings. The van der Waals surface area contributed by atoms with Gasteiger partial charge in [0.25, 0.3) is 0 Å². The van der Waals surface area contributed by atoms with Gasteiger partial charge in [0.2, 0.25) is 0 Å². The molecule has 1 atom stereocenters. The minimum absolute atomic E-state index is 0.344. The van der Waals surface area contributed by atoms with E-state index in [2.05, 4.69) is 54.4 Å². The predicted molar refractivity (Wildman–Crippen MR) is 93.8 cm³/mol. The van der Waals surface area contributed by atoms with Gasteiger partial charge in [-0.25, -0.2) is 4.98 Å². The van der Waals surface area contributed by atoms with Crippen LogP contribution in [0.5, 0.6) is 0 Å². The lowest BCUT2D eigenvalue weighted by Crippen LogP contribution is -2.25. The lowest BCUT2D eigenvalue weighted by Gasteiger charge is -2.24. The molecule has 0 N–H and O–H groups in total. The van der Waals surface area contributed by atoms with Crippen LogP contribution in [0.3, 0.4) is 0 Å². The molecule has 0 spiro atoms. The van der Waals surface area contributed by atoms with Crippen LogP contribution in [-0.2, 0) is 19.5 Å². The van der Waals surface area contributed by atoms with Gasteiger partial charge in [-0.3, -0.25) is 4.90 Å². The molecular weight excluding hydrogens is 306 g/mol. The molecule has 126 valence electrons. The Hall–Kier alpha value is -1.27. The van der Waals surface area contributed by atoms with E-state index in [4.69, 9.17) is 4.98 Å². The zero-order chi connectivity index (χ0) is 16.6. The van der Waals surface area contributed by atoms with E-state index < -0.39 is 0 Å². The number of thiazole rings is 1. The summed E-state index contributed by atoms with van der Waals surface area (Å²) in [5.74, 6) is 2.75. The van der Waals surface area contributed by atoms with Gasteiger partial charge in [-0.2, -0.15) is 0 Å². The predicted octanol–water partition coefficient (Wildman–Crippen LogP) is 3.70. The molecule has 0 saturated carbocycles. The van der Waals surface area contributed by atoms with E-state index in [1.54, 1.807) is 0 Å². The SMILES string of the molecule is Cc1nc(C(C)C)sc1C(C)N(C)Cc1nnc2n1CCCC2. The molecule has 0 bridgehead atoms. The van der Waals surface area contributed by atoms with E-state index in [-0.39, 0.29) is 0 Å². The Labute approximate surface area is 142 Å². The second kappa shape index (κ2) is 6.69. The Morgan fingerprint density at radius 3 is 2.70 bits per heavy atom. The van der Waals surface area contributed by atoms with Crippen molar-refractivity contribution in [3.05, 3.63) is 27.2 Å². The van der Waals surface area contributed by atoms with Gasteiger partial charge in [-0.1, -0.05) is 13.8 Å². The van der Waals surface area contributed by atoms with Crippen LogP contribution < -0.4 is 0 Å². The van der Waals surface area contributed by atoms with Crippen LogP contribution in [-0.4, -0.2) is 31.7 Å². The van der Waals surface area contributed by atoms with Crippen LogP contribution in [0.15, 0.2) is 0 Å². The topological polar surface area (TPSA) is 46.8 Å². The average Bonchev–Trinajstić information content (AvgIpc) is 3.11. The lowest BCUT2D eigenvalue weighted by atomic mass is 10.1. The van der Waals surface area contributed by atoms with E-state index in [1.807, 2.05) is 11.3 Å². The first-order valence-electron chi connectivity index (χ1n) is 8.55. The van der Waals surface area contributed by atoms with Gasteiger partial charge in [-0.05, 0) is 33.7 Å². The Kier molecular flexibility index (Phi) is 4.82. The smallest absolute Gasteiger partial charge is 0.147 e. The van der Waals surface area contributed by atoms with Gasteiger partial charge in [0.1, 0.15) is 11.6 Å². The number of aryl methyl sites for hydroxylation is 2. The number of hydrogen-bond acceptors (Lipinski definition) is 5. The van der Waals surface area contributed by atoms with E-state index in [0.717, 1.165) is 31.2 Å². The molecule has 6 heteroatoms. The highest BCUT2D eigenvalue weighted by atomic mass is 32.1. The summed E-state index contributed by atoms with van der Waals surface area (Å²) in [6.07, 6.45) is 3.55. The second-order valence-corrected chi connectivity index (χ2v) is 7.95. The van der Waals surface area contributed by atoms with Gasteiger partial charge in [0, 0.05) is 29.8 Å². The molecule has 0 aliphatic carbocycles. The first-order valence-corrected chi connectivity index (χ1v) is 9.37. The van der Waals surface area contributed by atoms with Gasteiger partial charge in [0.05, 0.1) is 17.2 Å². The molecule has 0 fully saturated rings. The van der Waals surface area contributed by atoms with E-state index in [9.17, 15) is 0 Å². The molecule has 0 saturated heterocycles. The van der Waals surface area contributed by atoms with Crippen molar-refractivity contribution >= 4 is 11.3 Å². The van der Waals surface area contributed by atoms with Crippen molar-refractivity contribution in [2.45, 2.75) is 72.0 Å². The Balaban J connectivity index is 1.75. The number of fused-ring (bicyclic) bond motifs is 1. The maximum Gasteiger partial charge on any atom is 0.147 e. The standard InChI is InChI=1S/C17H27N5S/c1-11(2)17-18-12(3)16(23-17)13(4)21(5)10-15-20-19-14-8-6-7-9-22(14)15/h11,13H,6-10H2,1-5H3. The zero-order valence-electron chi connectivity index (χ0n) is 14.8. The molecule has 5 nitrogen and oxygen atoms in total.